The second-order valence-corrected chi connectivity index (χ2v) is 6.31. The Hall–Kier alpha value is -2.89. The molecule has 0 saturated heterocycles. The van der Waals surface area contributed by atoms with E-state index in [1.54, 1.807) is 6.07 Å². The summed E-state index contributed by atoms with van der Waals surface area (Å²) >= 11 is 0. The van der Waals surface area contributed by atoms with Crippen molar-refractivity contribution in [2.45, 2.75) is 40.3 Å². The number of hydrogen-bond acceptors (Lipinski definition) is 4. The van der Waals surface area contributed by atoms with Gasteiger partial charge in [-0.05, 0) is 45.4 Å². The minimum absolute atomic E-state index is 0.0735. The number of carbonyl (C=O) groups excluding carboxylic acids is 1. The average Bonchev–Trinajstić information content (AvgIpc) is 2.89. The van der Waals surface area contributed by atoms with Crippen LogP contribution in [0.5, 0.6) is 0 Å². The second kappa shape index (κ2) is 6.55. The third kappa shape index (κ3) is 3.33. The highest BCUT2D eigenvalue weighted by Crippen LogP contribution is 2.21. The predicted octanol–water partition coefficient (Wildman–Crippen LogP) is 2.79. The van der Waals surface area contributed by atoms with Crippen LogP contribution in [-0.2, 0) is 11.3 Å². The van der Waals surface area contributed by atoms with Gasteiger partial charge in [-0.3, -0.25) is 14.2 Å². The molecule has 0 aliphatic rings. The quantitative estimate of drug-likeness (QED) is 0.793. The number of benzene rings is 1. The van der Waals surface area contributed by atoms with Gasteiger partial charge < -0.3 is 9.73 Å². The van der Waals surface area contributed by atoms with E-state index in [1.807, 2.05) is 45.9 Å². The number of amides is 1. The van der Waals surface area contributed by atoms with E-state index in [4.69, 9.17) is 4.42 Å². The number of fused-ring (bicyclic) bond motifs is 1. The molecule has 0 aliphatic carbocycles. The summed E-state index contributed by atoms with van der Waals surface area (Å²) in [6.45, 7) is 7.46. The molecule has 0 saturated carbocycles. The lowest BCUT2D eigenvalue weighted by Crippen LogP contribution is -2.34. The van der Waals surface area contributed by atoms with Crippen molar-refractivity contribution in [1.82, 2.24) is 14.9 Å². The molecule has 0 radical (unpaired) electrons. The van der Waals surface area contributed by atoms with Crippen LogP contribution in [0.1, 0.15) is 35.6 Å². The van der Waals surface area contributed by atoms with Crippen LogP contribution >= 0.6 is 0 Å². The maximum absolute atomic E-state index is 12.6. The first kappa shape index (κ1) is 17.0. The van der Waals surface area contributed by atoms with Crippen LogP contribution in [0.4, 0.5) is 0 Å². The molecule has 0 spiro atoms. The van der Waals surface area contributed by atoms with Gasteiger partial charge in [0.2, 0.25) is 5.91 Å². The molecule has 1 amide bonds. The van der Waals surface area contributed by atoms with E-state index < -0.39 is 0 Å². The first-order chi connectivity index (χ1) is 11.9. The van der Waals surface area contributed by atoms with Crippen molar-refractivity contribution in [2.24, 2.45) is 0 Å². The van der Waals surface area contributed by atoms with E-state index in [9.17, 15) is 9.59 Å². The van der Waals surface area contributed by atoms with Crippen molar-refractivity contribution >= 4 is 16.8 Å². The summed E-state index contributed by atoms with van der Waals surface area (Å²) in [7, 11) is 0. The third-order valence-electron chi connectivity index (χ3n) is 4.29. The molecule has 0 bridgehead atoms. The Morgan fingerprint density at radius 1 is 1.32 bits per heavy atom. The van der Waals surface area contributed by atoms with E-state index in [1.165, 1.54) is 10.9 Å². The zero-order valence-electron chi connectivity index (χ0n) is 14.8. The number of rotatable bonds is 4. The monoisotopic (exact) mass is 339 g/mol. The normalized spacial score (nSPS) is 12.3. The van der Waals surface area contributed by atoms with Gasteiger partial charge in [-0.1, -0.05) is 12.1 Å². The van der Waals surface area contributed by atoms with E-state index in [-0.39, 0.29) is 24.1 Å². The molecular formula is C19H21N3O3. The van der Waals surface area contributed by atoms with Crippen LogP contribution in [0.3, 0.4) is 0 Å². The predicted molar refractivity (Wildman–Crippen MR) is 95.5 cm³/mol. The fourth-order valence-electron chi connectivity index (χ4n) is 3.05. The Kier molecular flexibility index (Phi) is 4.44. The fraction of sp³-hybridized carbons (Fsp3) is 0.316. The molecule has 6 heteroatoms. The van der Waals surface area contributed by atoms with Gasteiger partial charge in [-0.25, -0.2) is 4.98 Å². The van der Waals surface area contributed by atoms with Gasteiger partial charge in [0, 0.05) is 5.56 Å². The van der Waals surface area contributed by atoms with E-state index in [2.05, 4.69) is 10.3 Å². The molecule has 1 N–H and O–H groups in total. The van der Waals surface area contributed by atoms with Crippen molar-refractivity contribution in [2.75, 3.05) is 0 Å². The summed E-state index contributed by atoms with van der Waals surface area (Å²) in [5.74, 6) is 1.34. The van der Waals surface area contributed by atoms with Crippen LogP contribution < -0.4 is 10.9 Å². The van der Waals surface area contributed by atoms with E-state index in [0.717, 1.165) is 22.6 Å². The van der Waals surface area contributed by atoms with Gasteiger partial charge in [0.05, 0.1) is 23.3 Å². The van der Waals surface area contributed by atoms with Crippen molar-refractivity contribution < 1.29 is 9.21 Å². The van der Waals surface area contributed by atoms with Gasteiger partial charge in [0.1, 0.15) is 18.1 Å². The lowest BCUT2D eigenvalue weighted by atomic mass is 10.1. The molecule has 1 aromatic carbocycles. The molecule has 1 atom stereocenters. The van der Waals surface area contributed by atoms with E-state index >= 15 is 0 Å². The number of furan rings is 1. The van der Waals surface area contributed by atoms with E-state index in [0.29, 0.717) is 10.9 Å². The lowest BCUT2D eigenvalue weighted by molar-refractivity contribution is -0.122. The second-order valence-electron chi connectivity index (χ2n) is 6.31. The highest BCUT2D eigenvalue weighted by molar-refractivity contribution is 5.81. The average molecular weight is 339 g/mol. The highest BCUT2D eigenvalue weighted by atomic mass is 16.3. The van der Waals surface area contributed by atoms with Crippen LogP contribution in [0.25, 0.3) is 10.9 Å². The number of nitrogens with one attached hydrogen (secondary N) is 1. The van der Waals surface area contributed by atoms with Crippen molar-refractivity contribution in [3.8, 4) is 0 Å². The number of para-hydroxylation sites is 1. The number of aromatic nitrogens is 2. The Morgan fingerprint density at radius 3 is 2.76 bits per heavy atom. The summed E-state index contributed by atoms with van der Waals surface area (Å²) in [6.07, 6.45) is 1.43. The Labute approximate surface area is 145 Å². The number of aryl methyl sites for hydroxylation is 3. The molecule has 0 unspecified atom stereocenters. The number of carbonyl (C=O) groups is 1. The molecule has 3 rings (SSSR count). The van der Waals surface area contributed by atoms with Gasteiger partial charge in [-0.2, -0.15) is 0 Å². The SMILES string of the molecule is Cc1cc([C@@H](C)NC(=O)Cn2cnc3c(C)cccc3c2=O)c(C)o1. The summed E-state index contributed by atoms with van der Waals surface area (Å²) in [4.78, 5) is 29.2. The fourth-order valence-corrected chi connectivity index (χ4v) is 3.05. The summed E-state index contributed by atoms with van der Waals surface area (Å²) in [5.41, 5.74) is 2.32. The number of nitrogens with zero attached hydrogens (tertiary/aromatic N) is 2. The molecule has 3 aromatic rings. The Morgan fingerprint density at radius 2 is 2.08 bits per heavy atom. The topological polar surface area (TPSA) is 77.1 Å². The van der Waals surface area contributed by atoms with Crippen LogP contribution in [0.2, 0.25) is 0 Å². The van der Waals surface area contributed by atoms with Gasteiger partial charge >= 0.3 is 0 Å². The largest absolute Gasteiger partial charge is 0.466 e. The zero-order chi connectivity index (χ0) is 18.1. The highest BCUT2D eigenvalue weighted by Gasteiger charge is 2.16. The minimum Gasteiger partial charge on any atom is -0.466 e. The first-order valence-electron chi connectivity index (χ1n) is 8.18. The van der Waals surface area contributed by atoms with Gasteiger partial charge in [-0.15, -0.1) is 0 Å². The molecule has 6 nitrogen and oxygen atoms in total. The maximum atomic E-state index is 12.6. The summed E-state index contributed by atoms with van der Waals surface area (Å²) in [5, 5.41) is 3.42. The molecule has 2 heterocycles. The van der Waals surface area contributed by atoms with Crippen molar-refractivity contribution in [1.29, 1.82) is 0 Å². The van der Waals surface area contributed by atoms with Gasteiger partial charge in [0.15, 0.2) is 0 Å². The van der Waals surface area contributed by atoms with Crippen molar-refractivity contribution in [3.63, 3.8) is 0 Å². The molecule has 0 aliphatic heterocycles. The Bertz CT molecular complexity index is 1000. The maximum Gasteiger partial charge on any atom is 0.261 e. The molecule has 0 fully saturated rings. The zero-order valence-corrected chi connectivity index (χ0v) is 14.8. The van der Waals surface area contributed by atoms with Gasteiger partial charge in [0.25, 0.3) is 5.56 Å². The Balaban J connectivity index is 1.79. The molecular weight excluding hydrogens is 318 g/mol. The lowest BCUT2D eigenvalue weighted by Gasteiger charge is -2.14. The summed E-state index contributed by atoms with van der Waals surface area (Å²) < 4.78 is 6.83. The van der Waals surface area contributed by atoms with Crippen LogP contribution in [0.15, 0.2) is 39.8 Å². The first-order valence-corrected chi connectivity index (χ1v) is 8.18. The molecule has 130 valence electrons. The van der Waals surface area contributed by atoms with Crippen LogP contribution in [-0.4, -0.2) is 15.5 Å². The van der Waals surface area contributed by atoms with Crippen LogP contribution in [0, 0.1) is 20.8 Å². The number of hydrogen-bond donors (Lipinski definition) is 1. The van der Waals surface area contributed by atoms with Crippen molar-refractivity contribution in [3.05, 3.63) is 63.6 Å². The standard InChI is InChI=1S/C19H21N3O3/c1-11-6-5-7-15-18(11)20-10-22(19(15)24)9-17(23)21-13(3)16-8-12(2)25-14(16)4/h5-8,10,13H,9H2,1-4H3,(H,21,23)/t13-/m1/s1. The molecule has 2 aromatic heterocycles. The molecule has 25 heavy (non-hydrogen) atoms. The smallest absolute Gasteiger partial charge is 0.261 e. The summed E-state index contributed by atoms with van der Waals surface area (Å²) in [6, 6.07) is 7.16. The third-order valence-corrected chi connectivity index (χ3v) is 4.29. The minimum atomic E-state index is -0.248.